The molecule has 0 unspecified atom stereocenters. The molecule has 1 aromatic heterocycles. The zero-order chi connectivity index (χ0) is 15.8. The molecule has 0 aliphatic carbocycles. The van der Waals surface area contributed by atoms with E-state index in [0.29, 0.717) is 5.69 Å². The van der Waals surface area contributed by atoms with Gasteiger partial charge in [-0.05, 0) is 19.1 Å². The van der Waals surface area contributed by atoms with E-state index in [1.807, 2.05) is 37.3 Å². The minimum absolute atomic E-state index is 0.0950. The summed E-state index contributed by atoms with van der Waals surface area (Å²) >= 11 is 0. The van der Waals surface area contributed by atoms with Crippen LogP contribution < -0.4 is 10.6 Å². The van der Waals surface area contributed by atoms with Gasteiger partial charge in [0.05, 0.1) is 17.7 Å². The number of carbonyl (C=O) groups is 2. The Morgan fingerprint density at radius 2 is 2.00 bits per heavy atom. The number of rotatable bonds is 5. The minimum Gasteiger partial charge on any atom is -0.343 e. The largest absolute Gasteiger partial charge is 0.343 e. The Bertz CT molecular complexity index is 730. The molecule has 5 nitrogen and oxygen atoms in total. The average Bonchev–Trinajstić information content (AvgIpc) is 2.54. The van der Waals surface area contributed by atoms with Gasteiger partial charge in [0, 0.05) is 17.7 Å². The van der Waals surface area contributed by atoms with Gasteiger partial charge in [0.15, 0.2) is 0 Å². The van der Waals surface area contributed by atoms with Crippen molar-refractivity contribution in [2.24, 2.45) is 0 Å². The van der Waals surface area contributed by atoms with Crippen LogP contribution in [-0.2, 0) is 9.59 Å². The summed E-state index contributed by atoms with van der Waals surface area (Å²) in [7, 11) is 0. The van der Waals surface area contributed by atoms with Crippen molar-refractivity contribution in [3.8, 4) is 0 Å². The normalized spacial score (nSPS) is 11.1. The molecule has 0 saturated heterocycles. The van der Waals surface area contributed by atoms with Crippen molar-refractivity contribution in [1.82, 2.24) is 10.3 Å². The Labute approximate surface area is 128 Å². The highest BCUT2D eigenvalue weighted by Crippen LogP contribution is 2.20. The number of pyridine rings is 1. The Morgan fingerprint density at radius 3 is 2.82 bits per heavy atom. The van der Waals surface area contributed by atoms with Crippen LogP contribution in [0.5, 0.6) is 0 Å². The molecular formula is C17H17N3O2. The van der Waals surface area contributed by atoms with E-state index in [1.54, 1.807) is 24.4 Å². The third kappa shape index (κ3) is 4.28. The standard InChI is InChI=1S/C17H17N3O2/c1-2-3-4-10-15(21)19-12-16(22)20-14-9-5-7-13-8-6-11-18-17(13)14/h2-11H,12H2,1H3,(H,19,21)(H,20,22)/b3-2+,10-4+. The summed E-state index contributed by atoms with van der Waals surface area (Å²) in [6.45, 7) is 1.76. The summed E-state index contributed by atoms with van der Waals surface area (Å²) in [5.74, 6) is -0.616. The number of benzene rings is 1. The van der Waals surface area contributed by atoms with Crippen LogP contribution in [0.15, 0.2) is 60.8 Å². The van der Waals surface area contributed by atoms with Gasteiger partial charge in [-0.25, -0.2) is 0 Å². The van der Waals surface area contributed by atoms with Crippen molar-refractivity contribution in [3.63, 3.8) is 0 Å². The zero-order valence-electron chi connectivity index (χ0n) is 12.2. The molecule has 0 radical (unpaired) electrons. The molecule has 2 amide bonds. The van der Waals surface area contributed by atoms with Crippen molar-refractivity contribution < 1.29 is 9.59 Å². The van der Waals surface area contributed by atoms with Crippen LogP contribution in [0.1, 0.15) is 6.92 Å². The maximum atomic E-state index is 11.9. The number of anilines is 1. The highest BCUT2D eigenvalue weighted by molar-refractivity contribution is 6.02. The fourth-order valence-corrected chi connectivity index (χ4v) is 1.88. The van der Waals surface area contributed by atoms with Crippen LogP contribution >= 0.6 is 0 Å². The molecule has 1 heterocycles. The van der Waals surface area contributed by atoms with Crippen LogP contribution in [0, 0.1) is 0 Å². The van der Waals surface area contributed by atoms with Gasteiger partial charge < -0.3 is 10.6 Å². The summed E-state index contributed by atoms with van der Waals surface area (Å²) in [6.07, 6.45) is 8.20. The van der Waals surface area contributed by atoms with Gasteiger partial charge in [-0.1, -0.05) is 36.4 Å². The Kier molecular flexibility index (Phi) is 5.43. The van der Waals surface area contributed by atoms with Crippen molar-refractivity contribution in [2.75, 3.05) is 11.9 Å². The molecule has 2 aromatic rings. The zero-order valence-corrected chi connectivity index (χ0v) is 12.2. The molecule has 2 rings (SSSR count). The Balaban J connectivity index is 1.95. The second-order valence-electron chi connectivity index (χ2n) is 4.53. The number of allylic oxidation sites excluding steroid dienone is 3. The fraction of sp³-hybridized carbons (Fsp3) is 0.118. The predicted molar refractivity (Wildman–Crippen MR) is 87.3 cm³/mol. The van der Waals surface area contributed by atoms with Crippen molar-refractivity contribution in [2.45, 2.75) is 6.92 Å². The molecule has 1 aromatic carbocycles. The number of para-hydroxylation sites is 1. The smallest absolute Gasteiger partial charge is 0.244 e. The maximum Gasteiger partial charge on any atom is 0.244 e. The lowest BCUT2D eigenvalue weighted by molar-refractivity contribution is -0.121. The van der Waals surface area contributed by atoms with Crippen molar-refractivity contribution in [3.05, 3.63) is 60.8 Å². The number of fused-ring (bicyclic) bond motifs is 1. The third-order valence-corrected chi connectivity index (χ3v) is 2.88. The van der Waals surface area contributed by atoms with Gasteiger partial charge >= 0.3 is 0 Å². The highest BCUT2D eigenvalue weighted by atomic mass is 16.2. The predicted octanol–water partition coefficient (Wildman–Crippen LogP) is 2.42. The van der Waals surface area contributed by atoms with E-state index in [4.69, 9.17) is 0 Å². The molecular weight excluding hydrogens is 278 g/mol. The maximum absolute atomic E-state index is 11.9. The van der Waals surface area contributed by atoms with Crippen LogP contribution in [0.3, 0.4) is 0 Å². The topological polar surface area (TPSA) is 71.1 Å². The van der Waals surface area contributed by atoms with Crippen molar-refractivity contribution in [1.29, 1.82) is 0 Å². The van der Waals surface area contributed by atoms with Crippen LogP contribution in [0.25, 0.3) is 10.9 Å². The van der Waals surface area contributed by atoms with E-state index in [2.05, 4.69) is 15.6 Å². The van der Waals surface area contributed by atoms with E-state index in [-0.39, 0.29) is 18.4 Å². The Morgan fingerprint density at radius 1 is 1.18 bits per heavy atom. The lowest BCUT2D eigenvalue weighted by atomic mass is 10.2. The number of carbonyl (C=O) groups excluding carboxylic acids is 2. The quantitative estimate of drug-likeness (QED) is 0.657. The van der Waals surface area contributed by atoms with E-state index in [9.17, 15) is 9.59 Å². The van der Waals surface area contributed by atoms with Crippen LogP contribution in [0.2, 0.25) is 0 Å². The van der Waals surface area contributed by atoms with E-state index >= 15 is 0 Å². The third-order valence-electron chi connectivity index (χ3n) is 2.88. The Hall–Kier alpha value is -2.95. The first-order chi connectivity index (χ1) is 10.7. The number of nitrogens with zero attached hydrogens (tertiary/aromatic N) is 1. The molecule has 0 aliphatic rings. The molecule has 0 aliphatic heterocycles. The molecule has 22 heavy (non-hydrogen) atoms. The summed E-state index contributed by atoms with van der Waals surface area (Å²) < 4.78 is 0. The molecule has 5 heteroatoms. The number of hydrogen-bond donors (Lipinski definition) is 2. The van der Waals surface area contributed by atoms with Crippen LogP contribution in [0.4, 0.5) is 5.69 Å². The van der Waals surface area contributed by atoms with E-state index in [0.717, 1.165) is 10.9 Å². The van der Waals surface area contributed by atoms with Gasteiger partial charge in [-0.2, -0.15) is 0 Å². The first kappa shape index (κ1) is 15.4. The SMILES string of the molecule is C/C=C/C=C/C(=O)NCC(=O)Nc1cccc2cccnc12. The molecule has 2 N–H and O–H groups in total. The van der Waals surface area contributed by atoms with Gasteiger partial charge in [-0.3, -0.25) is 14.6 Å². The average molecular weight is 295 g/mol. The second-order valence-corrected chi connectivity index (χ2v) is 4.53. The molecule has 0 spiro atoms. The van der Waals surface area contributed by atoms with E-state index in [1.165, 1.54) is 6.08 Å². The van der Waals surface area contributed by atoms with E-state index < -0.39 is 0 Å². The monoisotopic (exact) mass is 295 g/mol. The minimum atomic E-state index is -0.315. The molecule has 0 saturated carbocycles. The molecule has 112 valence electrons. The summed E-state index contributed by atoms with van der Waals surface area (Å²) in [6, 6.07) is 9.31. The first-order valence-electron chi connectivity index (χ1n) is 6.91. The first-order valence-corrected chi connectivity index (χ1v) is 6.91. The fourth-order valence-electron chi connectivity index (χ4n) is 1.88. The summed E-state index contributed by atoms with van der Waals surface area (Å²) in [4.78, 5) is 27.6. The summed E-state index contributed by atoms with van der Waals surface area (Å²) in [5, 5.41) is 6.21. The van der Waals surface area contributed by atoms with Gasteiger partial charge in [0.25, 0.3) is 0 Å². The summed E-state index contributed by atoms with van der Waals surface area (Å²) in [5.41, 5.74) is 1.35. The number of amides is 2. The molecule has 0 fully saturated rings. The number of hydrogen-bond acceptors (Lipinski definition) is 3. The number of nitrogens with one attached hydrogen (secondary N) is 2. The van der Waals surface area contributed by atoms with Gasteiger partial charge in [0.2, 0.25) is 11.8 Å². The lowest BCUT2D eigenvalue weighted by Gasteiger charge is -2.08. The lowest BCUT2D eigenvalue weighted by Crippen LogP contribution is -2.31. The molecule has 0 atom stereocenters. The molecule has 0 bridgehead atoms. The highest BCUT2D eigenvalue weighted by Gasteiger charge is 2.07. The van der Waals surface area contributed by atoms with Crippen molar-refractivity contribution >= 4 is 28.4 Å². The van der Waals surface area contributed by atoms with Gasteiger partial charge in [-0.15, -0.1) is 0 Å². The second kappa shape index (κ2) is 7.73. The van der Waals surface area contributed by atoms with Gasteiger partial charge in [0.1, 0.15) is 0 Å². The number of aromatic nitrogens is 1. The van der Waals surface area contributed by atoms with Crippen LogP contribution in [-0.4, -0.2) is 23.3 Å².